The summed E-state index contributed by atoms with van der Waals surface area (Å²) in [6.45, 7) is 10.3. The molecule has 1 atom stereocenters. The summed E-state index contributed by atoms with van der Waals surface area (Å²) < 4.78 is 37.2. The smallest absolute Gasteiger partial charge is 0.313 e. The highest BCUT2D eigenvalue weighted by Gasteiger charge is 2.31. The Hall–Kier alpha value is -0.290. The maximum Gasteiger partial charge on any atom is 0.401 e. The van der Waals surface area contributed by atoms with Gasteiger partial charge < -0.3 is 5.32 Å². The van der Waals surface area contributed by atoms with Gasteiger partial charge in [0.05, 0.1) is 6.54 Å². The summed E-state index contributed by atoms with van der Waals surface area (Å²) in [5, 5.41) is 3.30. The number of halogens is 3. The quantitative estimate of drug-likeness (QED) is 0.694. The van der Waals surface area contributed by atoms with Crippen LogP contribution in [0.25, 0.3) is 0 Å². The number of rotatable bonds is 9. The molecule has 0 aliphatic carbocycles. The molecule has 0 aliphatic rings. The van der Waals surface area contributed by atoms with Crippen LogP contribution in [0.4, 0.5) is 13.2 Å². The van der Waals surface area contributed by atoms with Gasteiger partial charge in [-0.15, -0.1) is 0 Å². The molecular weight excluding hydrogens is 253 g/mol. The molecule has 0 saturated heterocycles. The highest BCUT2D eigenvalue weighted by Crippen LogP contribution is 2.17. The zero-order chi connectivity index (χ0) is 15.1. The molecule has 0 fully saturated rings. The van der Waals surface area contributed by atoms with E-state index in [4.69, 9.17) is 0 Å². The first-order chi connectivity index (χ1) is 8.61. The third-order valence-electron chi connectivity index (χ3n) is 3.18. The molecule has 0 heterocycles. The highest BCUT2D eigenvalue weighted by atomic mass is 19.4. The molecule has 1 unspecified atom stereocenters. The third-order valence-corrected chi connectivity index (χ3v) is 3.18. The van der Waals surface area contributed by atoms with E-state index in [9.17, 15) is 13.2 Å². The molecule has 0 aromatic rings. The van der Waals surface area contributed by atoms with Crippen LogP contribution < -0.4 is 5.32 Å². The van der Waals surface area contributed by atoms with Crippen molar-refractivity contribution in [2.24, 2.45) is 5.92 Å². The molecule has 0 amide bonds. The van der Waals surface area contributed by atoms with E-state index >= 15 is 0 Å². The van der Waals surface area contributed by atoms with Crippen LogP contribution in [0.1, 0.15) is 47.5 Å². The molecule has 0 radical (unpaired) electrons. The fraction of sp³-hybridized carbons (Fsp3) is 1.00. The van der Waals surface area contributed by atoms with Crippen LogP contribution in [0.5, 0.6) is 0 Å². The Labute approximate surface area is 115 Å². The number of nitrogens with one attached hydrogen (secondary N) is 1. The first-order valence-corrected chi connectivity index (χ1v) is 7.16. The molecule has 1 N–H and O–H groups in total. The predicted octanol–water partition coefficient (Wildman–Crippen LogP) is 3.67. The van der Waals surface area contributed by atoms with Gasteiger partial charge in [-0.2, -0.15) is 13.2 Å². The van der Waals surface area contributed by atoms with Crippen molar-refractivity contribution in [1.29, 1.82) is 0 Å². The summed E-state index contributed by atoms with van der Waals surface area (Å²) in [5.41, 5.74) is 0. The van der Waals surface area contributed by atoms with E-state index < -0.39 is 12.7 Å². The molecule has 0 aliphatic heterocycles. The lowest BCUT2D eigenvalue weighted by Crippen LogP contribution is -2.43. The van der Waals surface area contributed by atoms with Crippen molar-refractivity contribution in [3.63, 3.8) is 0 Å². The van der Waals surface area contributed by atoms with Crippen LogP contribution in [-0.2, 0) is 0 Å². The second kappa shape index (κ2) is 8.80. The Balaban J connectivity index is 3.93. The number of nitrogens with zero attached hydrogens (tertiary/aromatic N) is 1. The van der Waals surface area contributed by atoms with Gasteiger partial charge in [-0.1, -0.05) is 13.8 Å². The molecule has 0 rings (SSSR count). The molecular formula is C14H29F3N2. The third kappa shape index (κ3) is 11.3. The van der Waals surface area contributed by atoms with E-state index in [0.717, 1.165) is 12.8 Å². The van der Waals surface area contributed by atoms with Crippen molar-refractivity contribution in [1.82, 2.24) is 10.2 Å². The van der Waals surface area contributed by atoms with Gasteiger partial charge in [-0.3, -0.25) is 4.90 Å². The number of hydrogen-bond acceptors (Lipinski definition) is 2. The van der Waals surface area contributed by atoms with Crippen LogP contribution in [0.2, 0.25) is 0 Å². The SMILES string of the molecule is CC(C)CCC(C)NCCN(CC(F)(F)F)C(C)C. The summed E-state index contributed by atoms with van der Waals surface area (Å²) in [4.78, 5) is 1.46. The Bertz CT molecular complexity index is 227. The van der Waals surface area contributed by atoms with Crippen LogP contribution in [0.15, 0.2) is 0 Å². The molecule has 0 aromatic carbocycles. The largest absolute Gasteiger partial charge is 0.401 e. The monoisotopic (exact) mass is 282 g/mol. The van der Waals surface area contributed by atoms with Crippen LogP contribution in [0.3, 0.4) is 0 Å². The van der Waals surface area contributed by atoms with Gasteiger partial charge in [0.1, 0.15) is 0 Å². The van der Waals surface area contributed by atoms with Crippen LogP contribution in [0, 0.1) is 5.92 Å². The summed E-state index contributed by atoms with van der Waals surface area (Å²) in [6, 6.07) is 0.275. The van der Waals surface area contributed by atoms with Crippen molar-refractivity contribution in [3.8, 4) is 0 Å². The van der Waals surface area contributed by atoms with Gasteiger partial charge in [0.2, 0.25) is 0 Å². The van der Waals surface area contributed by atoms with Crippen LogP contribution in [-0.4, -0.2) is 42.8 Å². The lowest BCUT2D eigenvalue weighted by molar-refractivity contribution is -0.149. The predicted molar refractivity (Wildman–Crippen MR) is 74.3 cm³/mol. The summed E-state index contributed by atoms with van der Waals surface area (Å²) in [7, 11) is 0. The average Bonchev–Trinajstić information content (AvgIpc) is 2.23. The lowest BCUT2D eigenvalue weighted by Gasteiger charge is -2.28. The van der Waals surface area contributed by atoms with Crippen molar-refractivity contribution in [2.45, 2.75) is 65.7 Å². The molecule has 0 bridgehead atoms. The fourth-order valence-corrected chi connectivity index (χ4v) is 1.89. The van der Waals surface area contributed by atoms with Gasteiger partial charge in [-0.25, -0.2) is 0 Å². The zero-order valence-electron chi connectivity index (χ0n) is 12.8. The van der Waals surface area contributed by atoms with Crippen molar-refractivity contribution < 1.29 is 13.2 Å². The average molecular weight is 282 g/mol. The molecule has 116 valence electrons. The van der Waals surface area contributed by atoms with E-state index in [-0.39, 0.29) is 6.04 Å². The number of alkyl halides is 3. The highest BCUT2D eigenvalue weighted by molar-refractivity contribution is 4.70. The normalized spacial score (nSPS) is 14.7. The Morgan fingerprint density at radius 1 is 1.00 bits per heavy atom. The van der Waals surface area contributed by atoms with Crippen molar-refractivity contribution in [2.75, 3.05) is 19.6 Å². The second-order valence-electron chi connectivity index (χ2n) is 6.01. The van der Waals surface area contributed by atoms with E-state index in [1.807, 2.05) is 0 Å². The Morgan fingerprint density at radius 2 is 1.58 bits per heavy atom. The van der Waals surface area contributed by atoms with Crippen molar-refractivity contribution in [3.05, 3.63) is 0 Å². The van der Waals surface area contributed by atoms with E-state index in [2.05, 4.69) is 26.1 Å². The van der Waals surface area contributed by atoms with Crippen molar-refractivity contribution >= 4 is 0 Å². The molecule has 0 spiro atoms. The molecule has 0 aromatic heterocycles. The summed E-state index contributed by atoms with van der Waals surface area (Å²) in [6.07, 6.45) is -1.91. The zero-order valence-corrected chi connectivity index (χ0v) is 12.8. The second-order valence-corrected chi connectivity index (χ2v) is 6.01. The summed E-state index contributed by atoms with van der Waals surface area (Å²) >= 11 is 0. The van der Waals surface area contributed by atoms with E-state index in [1.54, 1.807) is 13.8 Å². The Morgan fingerprint density at radius 3 is 2.00 bits per heavy atom. The maximum atomic E-state index is 12.4. The first-order valence-electron chi connectivity index (χ1n) is 7.16. The first kappa shape index (κ1) is 18.7. The van der Waals surface area contributed by atoms with E-state index in [1.165, 1.54) is 4.90 Å². The lowest BCUT2D eigenvalue weighted by atomic mass is 10.0. The number of hydrogen-bond donors (Lipinski definition) is 1. The molecule has 0 saturated carbocycles. The van der Waals surface area contributed by atoms with Gasteiger partial charge in [0.25, 0.3) is 0 Å². The topological polar surface area (TPSA) is 15.3 Å². The van der Waals surface area contributed by atoms with E-state index in [0.29, 0.717) is 25.0 Å². The minimum absolute atomic E-state index is 0.0885. The standard InChI is InChI=1S/C14H29F3N2/c1-11(2)6-7-13(5)18-8-9-19(12(3)4)10-14(15,16)17/h11-13,18H,6-10H2,1-5H3. The molecule has 5 heteroatoms. The fourth-order valence-electron chi connectivity index (χ4n) is 1.89. The van der Waals surface area contributed by atoms with Gasteiger partial charge >= 0.3 is 6.18 Å². The minimum Gasteiger partial charge on any atom is -0.313 e. The minimum atomic E-state index is -4.12. The van der Waals surface area contributed by atoms with Gasteiger partial charge in [0, 0.05) is 25.2 Å². The van der Waals surface area contributed by atoms with Gasteiger partial charge in [0.15, 0.2) is 0 Å². The Kier molecular flexibility index (Phi) is 8.66. The molecule has 19 heavy (non-hydrogen) atoms. The maximum absolute atomic E-state index is 12.4. The van der Waals surface area contributed by atoms with Crippen LogP contribution >= 0.6 is 0 Å². The molecule has 2 nitrogen and oxygen atoms in total. The summed E-state index contributed by atoms with van der Waals surface area (Å²) in [5.74, 6) is 0.668. The van der Waals surface area contributed by atoms with Gasteiger partial charge in [-0.05, 0) is 39.5 Å².